The second-order valence-electron chi connectivity index (χ2n) is 7.06. The summed E-state index contributed by atoms with van der Waals surface area (Å²) in [5.41, 5.74) is 2.15. The third kappa shape index (κ3) is 1.01. The van der Waals surface area contributed by atoms with Crippen molar-refractivity contribution in [3.63, 3.8) is 0 Å². The fraction of sp³-hybridized carbons (Fsp3) is 0.867. The summed E-state index contributed by atoms with van der Waals surface area (Å²) in [5, 5.41) is 10.2. The average Bonchev–Trinajstić information content (AvgIpc) is 2.75. The van der Waals surface area contributed by atoms with Crippen molar-refractivity contribution in [3.8, 4) is 0 Å². The maximum absolute atomic E-state index is 10.2. The molecular formula is C15H24O. The molecule has 1 spiro atoms. The molecule has 1 heteroatoms. The van der Waals surface area contributed by atoms with Crippen LogP contribution in [0.2, 0.25) is 0 Å². The van der Waals surface area contributed by atoms with Gasteiger partial charge in [-0.25, -0.2) is 0 Å². The summed E-state index contributed by atoms with van der Waals surface area (Å²) < 4.78 is 0. The smallest absolute Gasteiger partial charge is 0.0577 e. The van der Waals surface area contributed by atoms with E-state index in [4.69, 9.17) is 0 Å². The van der Waals surface area contributed by atoms with Gasteiger partial charge in [0.2, 0.25) is 0 Å². The van der Waals surface area contributed by atoms with Gasteiger partial charge in [-0.05, 0) is 54.3 Å². The Morgan fingerprint density at radius 3 is 2.75 bits per heavy atom. The highest BCUT2D eigenvalue weighted by atomic mass is 16.3. The minimum atomic E-state index is -0.0885. The SMILES string of the molecule is C=C1C2CC(O)C(C)C23CCC(C3)C1(C)C. The summed E-state index contributed by atoms with van der Waals surface area (Å²) in [6.07, 6.45) is 4.88. The van der Waals surface area contributed by atoms with Crippen molar-refractivity contribution in [1.82, 2.24) is 0 Å². The monoisotopic (exact) mass is 220 g/mol. The molecule has 3 saturated carbocycles. The summed E-state index contributed by atoms with van der Waals surface area (Å²) in [6, 6.07) is 0. The lowest BCUT2D eigenvalue weighted by Gasteiger charge is -2.48. The zero-order valence-corrected chi connectivity index (χ0v) is 10.8. The summed E-state index contributed by atoms with van der Waals surface area (Å²) in [7, 11) is 0. The van der Waals surface area contributed by atoms with Gasteiger partial charge in [0.05, 0.1) is 6.10 Å². The molecule has 0 amide bonds. The molecule has 0 aliphatic heterocycles. The lowest BCUT2D eigenvalue weighted by molar-refractivity contribution is 0.0587. The van der Waals surface area contributed by atoms with Crippen LogP contribution in [0.15, 0.2) is 12.2 Å². The molecule has 0 radical (unpaired) electrons. The van der Waals surface area contributed by atoms with Crippen LogP contribution in [0.4, 0.5) is 0 Å². The second-order valence-corrected chi connectivity index (χ2v) is 7.06. The predicted molar refractivity (Wildman–Crippen MR) is 66.0 cm³/mol. The van der Waals surface area contributed by atoms with Gasteiger partial charge in [-0.2, -0.15) is 0 Å². The zero-order valence-electron chi connectivity index (χ0n) is 10.8. The van der Waals surface area contributed by atoms with Crippen LogP contribution in [0.3, 0.4) is 0 Å². The normalized spacial score (nSPS) is 54.1. The van der Waals surface area contributed by atoms with Gasteiger partial charge in [-0.15, -0.1) is 0 Å². The van der Waals surface area contributed by atoms with E-state index < -0.39 is 0 Å². The molecule has 0 heterocycles. The van der Waals surface area contributed by atoms with Crippen molar-refractivity contribution in [2.75, 3.05) is 0 Å². The van der Waals surface area contributed by atoms with E-state index in [1.165, 1.54) is 24.8 Å². The minimum Gasteiger partial charge on any atom is -0.393 e. The van der Waals surface area contributed by atoms with Crippen LogP contribution in [0.25, 0.3) is 0 Å². The highest BCUT2D eigenvalue weighted by Crippen LogP contribution is 2.69. The molecule has 3 aliphatic carbocycles. The van der Waals surface area contributed by atoms with Crippen molar-refractivity contribution < 1.29 is 5.11 Å². The van der Waals surface area contributed by atoms with Gasteiger partial charge in [0.25, 0.3) is 0 Å². The topological polar surface area (TPSA) is 20.2 Å². The Morgan fingerprint density at radius 1 is 1.38 bits per heavy atom. The van der Waals surface area contributed by atoms with Crippen LogP contribution in [0, 0.1) is 28.6 Å². The van der Waals surface area contributed by atoms with Crippen molar-refractivity contribution in [2.24, 2.45) is 28.6 Å². The molecule has 16 heavy (non-hydrogen) atoms. The molecule has 90 valence electrons. The summed E-state index contributed by atoms with van der Waals surface area (Å²) in [4.78, 5) is 0. The zero-order chi connectivity index (χ0) is 11.7. The van der Waals surface area contributed by atoms with E-state index in [0.29, 0.717) is 22.7 Å². The van der Waals surface area contributed by atoms with Gasteiger partial charge in [-0.3, -0.25) is 0 Å². The fourth-order valence-electron chi connectivity index (χ4n) is 5.03. The van der Waals surface area contributed by atoms with E-state index in [9.17, 15) is 5.11 Å². The number of aliphatic hydroxyl groups is 1. The lowest BCUT2D eigenvalue weighted by atomic mass is 9.56. The van der Waals surface area contributed by atoms with Crippen LogP contribution in [-0.2, 0) is 0 Å². The number of aliphatic hydroxyl groups excluding tert-OH is 1. The van der Waals surface area contributed by atoms with E-state index in [0.717, 1.165) is 12.3 Å². The number of fused-ring (bicyclic) bond motifs is 1. The third-order valence-electron chi connectivity index (χ3n) is 6.51. The number of allylic oxidation sites excluding steroid dienone is 1. The Labute approximate surface area is 98.9 Å². The first-order valence-electron chi connectivity index (χ1n) is 6.77. The van der Waals surface area contributed by atoms with Crippen molar-refractivity contribution in [2.45, 2.75) is 52.6 Å². The van der Waals surface area contributed by atoms with Gasteiger partial charge in [-0.1, -0.05) is 32.9 Å². The molecule has 5 unspecified atom stereocenters. The van der Waals surface area contributed by atoms with Crippen molar-refractivity contribution in [1.29, 1.82) is 0 Å². The van der Waals surface area contributed by atoms with Gasteiger partial charge < -0.3 is 5.11 Å². The summed E-state index contributed by atoms with van der Waals surface area (Å²) in [5.74, 6) is 1.88. The molecule has 1 N–H and O–H groups in total. The lowest BCUT2D eigenvalue weighted by Crippen LogP contribution is -2.40. The molecule has 0 aromatic carbocycles. The molecule has 3 rings (SSSR count). The van der Waals surface area contributed by atoms with Gasteiger partial charge >= 0.3 is 0 Å². The molecule has 3 fully saturated rings. The van der Waals surface area contributed by atoms with Crippen LogP contribution in [0.5, 0.6) is 0 Å². The largest absolute Gasteiger partial charge is 0.393 e. The highest BCUT2D eigenvalue weighted by Gasteiger charge is 2.63. The Morgan fingerprint density at radius 2 is 2.06 bits per heavy atom. The molecule has 1 nitrogen and oxygen atoms in total. The van der Waals surface area contributed by atoms with Gasteiger partial charge in [0, 0.05) is 0 Å². The fourth-order valence-corrected chi connectivity index (χ4v) is 5.03. The molecule has 3 aliphatic rings. The third-order valence-corrected chi connectivity index (χ3v) is 6.51. The Kier molecular flexibility index (Phi) is 1.98. The summed E-state index contributed by atoms with van der Waals surface area (Å²) >= 11 is 0. The number of hydrogen-bond acceptors (Lipinski definition) is 1. The first-order valence-corrected chi connectivity index (χ1v) is 6.77. The second kappa shape index (κ2) is 2.93. The first kappa shape index (κ1) is 10.8. The average molecular weight is 220 g/mol. The molecule has 0 aromatic rings. The molecule has 5 atom stereocenters. The van der Waals surface area contributed by atoms with Crippen LogP contribution in [0.1, 0.15) is 46.5 Å². The van der Waals surface area contributed by atoms with E-state index in [1.807, 2.05) is 0 Å². The van der Waals surface area contributed by atoms with Crippen molar-refractivity contribution >= 4 is 0 Å². The quantitative estimate of drug-likeness (QED) is 0.620. The standard InChI is InChI=1S/C15H24O/c1-9-12-7-13(16)10(2)15(12)6-5-11(8-15)14(9,3)4/h10-13,16H,1,5-8H2,2-4H3. The first-order chi connectivity index (χ1) is 7.39. The molecule has 0 aromatic heterocycles. The molecular weight excluding hydrogens is 196 g/mol. The van der Waals surface area contributed by atoms with E-state index in [-0.39, 0.29) is 6.10 Å². The maximum atomic E-state index is 10.2. The number of rotatable bonds is 0. The molecule has 2 bridgehead atoms. The van der Waals surface area contributed by atoms with E-state index in [1.54, 1.807) is 0 Å². The molecule has 0 saturated heterocycles. The van der Waals surface area contributed by atoms with Gasteiger partial charge in [0.1, 0.15) is 0 Å². The van der Waals surface area contributed by atoms with E-state index >= 15 is 0 Å². The predicted octanol–water partition coefficient (Wildman–Crippen LogP) is 3.39. The van der Waals surface area contributed by atoms with Gasteiger partial charge in [0.15, 0.2) is 0 Å². The minimum absolute atomic E-state index is 0.0885. The Bertz CT molecular complexity index is 343. The Hall–Kier alpha value is -0.300. The summed E-state index contributed by atoms with van der Waals surface area (Å²) in [6.45, 7) is 11.4. The maximum Gasteiger partial charge on any atom is 0.0577 e. The Balaban J connectivity index is 2.07. The van der Waals surface area contributed by atoms with Crippen LogP contribution >= 0.6 is 0 Å². The van der Waals surface area contributed by atoms with E-state index in [2.05, 4.69) is 27.4 Å². The van der Waals surface area contributed by atoms with Crippen LogP contribution in [-0.4, -0.2) is 11.2 Å². The van der Waals surface area contributed by atoms with Crippen LogP contribution < -0.4 is 0 Å². The highest BCUT2D eigenvalue weighted by molar-refractivity contribution is 5.27. The van der Waals surface area contributed by atoms with Crippen molar-refractivity contribution in [3.05, 3.63) is 12.2 Å². The number of hydrogen-bond donors (Lipinski definition) is 1.